The van der Waals surface area contributed by atoms with Crippen molar-refractivity contribution in [1.82, 2.24) is 4.90 Å². The summed E-state index contributed by atoms with van der Waals surface area (Å²) in [5.74, 6) is -0.300. The van der Waals surface area contributed by atoms with Crippen LogP contribution in [0.2, 0.25) is 0 Å². The van der Waals surface area contributed by atoms with Gasteiger partial charge in [-0.05, 0) is 36.5 Å². The van der Waals surface area contributed by atoms with E-state index >= 15 is 0 Å². The fourth-order valence-corrected chi connectivity index (χ4v) is 2.04. The van der Waals surface area contributed by atoms with Gasteiger partial charge in [0.15, 0.2) is 0 Å². The largest absolute Gasteiger partial charge is 0.481 e. The van der Waals surface area contributed by atoms with E-state index in [1.165, 1.54) is 5.56 Å². The number of hydrogen-bond donors (Lipinski definition) is 1. The third-order valence-corrected chi connectivity index (χ3v) is 3.08. The molecule has 0 aromatic heterocycles. The Bertz CT molecular complexity index is 451. The smallest absolute Gasteiger partial charge is 0.303 e. The normalized spacial score (nSPS) is 10.6. The molecule has 1 aromatic rings. The van der Waals surface area contributed by atoms with Gasteiger partial charge in [0.25, 0.3) is 5.91 Å². The monoisotopic (exact) mass is 277 g/mol. The SMILES string of the molecule is CC(C)Cc1ccc(C(=O)N(C)CCCC(=O)O)cc1. The average molecular weight is 277 g/mol. The number of carbonyl (C=O) groups excluding carboxylic acids is 1. The second-order valence-corrected chi connectivity index (χ2v) is 5.52. The van der Waals surface area contributed by atoms with Crippen LogP contribution in [-0.4, -0.2) is 35.5 Å². The van der Waals surface area contributed by atoms with Crippen molar-refractivity contribution in [2.45, 2.75) is 33.1 Å². The van der Waals surface area contributed by atoms with Crippen LogP contribution in [0.1, 0.15) is 42.6 Å². The number of aliphatic carboxylic acids is 1. The van der Waals surface area contributed by atoms with E-state index in [0.717, 1.165) is 6.42 Å². The van der Waals surface area contributed by atoms with Gasteiger partial charge in [-0.1, -0.05) is 26.0 Å². The molecule has 0 saturated carbocycles. The first-order valence-electron chi connectivity index (χ1n) is 6.96. The Hall–Kier alpha value is -1.84. The summed E-state index contributed by atoms with van der Waals surface area (Å²) in [5.41, 5.74) is 1.88. The summed E-state index contributed by atoms with van der Waals surface area (Å²) in [6, 6.07) is 7.65. The van der Waals surface area contributed by atoms with Crippen LogP contribution < -0.4 is 0 Å². The van der Waals surface area contributed by atoms with Gasteiger partial charge in [0, 0.05) is 25.6 Å². The fourth-order valence-electron chi connectivity index (χ4n) is 2.04. The molecule has 110 valence electrons. The van der Waals surface area contributed by atoms with E-state index in [4.69, 9.17) is 5.11 Å². The molecule has 1 rings (SSSR count). The molecule has 0 saturated heterocycles. The van der Waals surface area contributed by atoms with Gasteiger partial charge >= 0.3 is 5.97 Å². The van der Waals surface area contributed by atoms with Crippen molar-refractivity contribution in [3.05, 3.63) is 35.4 Å². The van der Waals surface area contributed by atoms with E-state index in [1.54, 1.807) is 11.9 Å². The van der Waals surface area contributed by atoms with Gasteiger partial charge in [-0.2, -0.15) is 0 Å². The maximum Gasteiger partial charge on any atom is 0.303 e. The molecule has 1 N–H and O–H groups in total. The molecular formula is C16H23NO3. The van der Waals surface area contributed by atoms with Gasteiger partial charge in [-0.3, -0.25) is 9.59 Å². The highest BCUT2D eigenvalue weighted by molar-refractivity contribution is 5.94. The van der Waals surface area contributed by atoms with Crippen molar-refractivity contribution in [2.75, 3.05) is 13.6 Å². The molecular weight excluding hydrogens is 254 g/mol. The predicted octanol–water partition coefficient (Wildman–Crippen LogP) is 2.82. The van der Waals surface area contributed by atoms with Crippen LogP contribution in [0.4, 0.5) is 0 Å². The highest BCUT2D eigenvalue weighted by Gasteiger charge is 2.11. The van der Waals surface area contributed by atoms with E-state index in [2.05, 4.69) is 13.8 Å². The van der Waals surface area contributed by atoms with Gasteiger partial charge in [-0.25, -0.2) is 0 Å². The first-order valence-corrected chi connectivity index (χ1v) is 6.96. The Morgan fingerprint density at radius 2 is 1.80 bits per heavy atom. The third-order valence-electron chi connectivity index (χ3n) is 3.08. The maximum atomic E-state index is 12.1. The summed E-state index contributed by atoms with van der Waals surface area (Å²) in [6.45, 7) is 4.78. The van der Waals surface area contributed by atoms with Crippen LogP contribution in [0.3, 0.4) is 0 Å². The fraction of sp³-hybridized carbons (Fsp3) is 0.500. The van der Waals surface area contributed by atoms with E-state index in [9.17, 15) is 9.59 Å². The quantitative estimate of drug-likeness (QED) is 0.833. The summed E-state index contributed by atoms with van der Waals surface area (Å²) < 4.78 is 0. The molecule has 1 amide bonds. The minimum atomic E-state index is -0.830. The Labute approximate surface area is 120 Å². The Balaban J connectivity index is 2.56. The minimum absolute atomic E-state index is 0.0634. The maximum absolute atomic E-state index is 12.1. The molecule has 0 aliphatic heterocycles. The van der Waals surface area contributed by atoms with E-state index in [-0.39, 0.29) is 12.3 Å². The zero-order valence-electron chi connectivity index (χ0n) is 12.4. The van der Waals surface area contributed by atoms with Gasteiger partial charge in [0.05, 0.1) is 0 Å². The zero-order chi connectivity index (χ0) is 15.1. The molecule has 20 heavy (non-hydrogen) atoms. The highest BCUT2D eigenvalue weighted by Crippen LogP contribution is 2.11. The summed E-state index contributed by atoms with van der Waals surface area (Å²) in [7, 11) is 1.70. The summed E-state index contributed by atoms with van der Waals surface area (Å²) in [6.07, 6.45) is 1.57. The molecule has 0 heterocycles. The topological polar surface area (TPSA) is 57.6 Å². The molecule has 4 nitrogen and oxygen atoms in total. The number of carboxylic acids is 1. The lowest BCUT2D eigenvalue weighted by Crippen LogP contribution is -2.28. The molecule has 0 atom stereocenters. The van der Waals surface area contributed by atoms with Crippen molar-refractivity contribution in [2.24, 2.45) is 5.92 Å². The summed E-state index contributed by atoms with van der Waals surface area (Å²) >= 11 is 0. The van der Waals surface area contributed by atoms with E-state index < -0.39 is 5.97 Å². The Kier molecular flexibility index (Phi) is 6.22. The van der Waals surface area contributed by atoms with Crippen LogP contribution in [-0.2, 0) is 11.2 Å². The molecule has 0 fully saturated rings. The summed E-state index contributed by atoms with van der Waals surface area (Å²) in [5, 5.41) is 8.58. The second kappa shape index (κ2) is 7.68. The highest BCUT2D eigenvalue weighted by atomic mass is 16.4. The van der Waals surface area contributed by atoms with Crippen LogP contribution in [0.25, 0.3) is 0 Å². The third kappa shape index (κ3) is 5.43. The van der Waals surface area contributed by atoms with E-state index in [1.807, 2.05) is 24.3 Å². The molecule has 4 heteroatoms. The number of nitrogens with zero attached hydrogens (tertiary/aromatic N) is 1. The molecule has 0 bridgehead atoms. The first kappa shape index (κ1) is 16.2. The number of benzene rings is 1. The predicted molar refractivity (Wildman–Crippen MR) is 78.8 cm³/mol. The van der Waals surface area contributed by atoms with Gasteiger partial charge in [-0.15, -0.1) is 0 Å². The lowest BCUT2D eigenvalue weighted by molar-refractivity contribution is -0.137. The van der Waals surface area contributed by atoms with Crippen LogP contribution >= 0.6 is 0 Å². The van der Waals surface area contributed by atoms with Crippen LogP contribution in [0, 0.1) is 5.92 Å². The van der Waals surface area contributed by atoms with Gasteiger partial charge in [0.1, 0.15) is 0 Å². The lowest BCUT2D eigenvalue weighted by Gasteiger charge is -2.17. The molecule has 1 aromatic carbocycles. The molecule has 0 aliphatic carbocycles. The Morgan fingerprint density at radius 3 is 2.30 bits per heavy atom. The number of hydrogen-bond acceptors (Lipinski definition) is 2. The van der Waals surface area contributed by atoms with Gasteiger partial charge < -0.3 is 10.0 Å². The average Bonchev–Trinajstić information content (AvgIpc) is 2.37. The zero-order valence-corrected chi connectivity index (χ0v) is 12.4. The van der Waals surface area contributed by atoms with Crippen molar-refractivity contribution >= 4 is 11.9 Å². The van der Waals surface area contributed by atoms with Crippen molar-refractivity contribution in [3.63, 3.8) is 0 Å². The molecule has 0 radical (unpaired) electrons. The van der Waals surface area contributed by atoms with Crippen molar-refractivity contribution < 1.29 is 14.7 Å². The molecule has 0 aliphatic rings. The van der Waals surface area contributed by atoms with Crippen molar-refractivity contribution in [1.29, 1.82) is 0 Å². The van der Waals surface area contributed by atoms with Crippen molar-refractivity contribution in [3.8, 4) is 0 Å². The minimum Gasteiger partial charge on any atom is -0.481 e. The van der Waals surface area contributed by atoms with Crippen LogP contribution in [0.5, 0.6) is 0 Å². The van der Waals surface area contributed by atoms with Crippen LogP contribution in [0.15, 0.2) is 24.3 Å². The molecule has 0 unspecified atom stereocenters. The lowest BCUT2D eigenvalue weighted by atomic mass is 10.0. The standard InChI is InChI=1S/C16H23NO3/c1-12(2)11-13-6-8-14(9-7-13)16(20)17(3)10-4-5-15(18)19/h6-9,12H,4-5,10-11H2,1-3H3,(H,18,19). The first-order chi connectivity index (χ1) is 9.40. The van der Waals surface area contributed by atoms with E-state index in [0.29, 0.717) is 24.4 Å². The Morgan fingerprint density at radius 1 is 1.20 bits per heavy atom. The van der Waals surface area contributed by atoms with Gasteiger partial charge in [0.2, 0.25) is 0 Å². The molecule has 0 spiro atoms. The number of amides is 1. The summed E-state index contributed by atoms with van der Waals surface area (Å²) in [4.78, 5) is 24.1. The second-order valence-electron chi connectivity index (χ2n) is 5.52. The number of rotatable bonds is 7. The number of carboxylic acid groups (broad SMARTS) is 1. The number of carbonyl (C=O) groups is 2.